The van der Waals surface area contributed by atoms with Gasteiger partial charge in [-0.05, 0) is 36.4 Å². The largest absolute Gasteiger partial charge is 0.457 e. The molecule has 20 heavy (non-hydrogen) atoms. The summed E-state index contributed by atoms with van der Waals surface area (Å²) >= 11 is 0. The van der Waals surface area contributed by atoms with Crippen LogP contribution in [-0.2, 0) is 0 Å². The Balaban J connectivity index is 1.95. The zero-order valence-electron chi connectivity index (χ0n) is 10.7. The number of nitrogens with zero attached hydrogens (tertiary/aromatic N) is 1. The van der Waals surface area contributed by atoms with Crippen molar-refractivity contribution in [2.24, 2.45) is 5.73 Å². The van der Waals surface area contributed by atoms with Gasteiger partial charge in [0.25, 0.3) is 0 Å². The number of nitrogens with two attached hydrogens (primary N) is 1. The van der Waals surface area contributed by atoms with Crippen LogP contribution in [0.5, 0.6) is 11.5 Å². The molecule has 3 rings (SSSR count). The van der Waals surface area contributed by atoms with E-state index in [4.69, 9.17) is 15.9 Å². The van der Waals surface area contributed by atoms with Crippen molar-refractivity contribution in [3.05, 3.63) is 66.4 Å². The van der Waals surface area contributed by atoms with Gasteiger partial charge in [0.1, 0.15) is 23.0 Å². The lowest BCUT2D eigenvalue weighted by atomic mass is 10.2. The fourth-order valence-electron chi connectivity index (χ4n) is 1.94. The minimum atomic E-state index is -0.0310. The molecule has 0 aliphatic carbocycles. The Morgan fingerprint density at radius 2 is 1.75 bits per heavy atom. The molecule has 4 nitrogen and oxygen atoms in total. The van der Waals surface area contributed by atoms with Gasteiger partial charge in [-0.3, -0.25) is 5.41 Å². The van der Waals surface area contributed by atoms with Gasteiger partial charge < -0.3 is 10.5 Å². The number of amidine groups is 1. The molecule has 0 bridgehead atoms. The first kappa shape index (κ1) is 12.2. The van der Waals surface area contributed by atoms with E-state index in [0.29, 0.717) is 5.69 Å². The van der Waals surface area contributed by atoms with Crippen LogP contribution in [0.25, 0.3) is 10.9 Å². The van der Waals surface area contributed by atoms with Gasteiger partial charge >= 0.3 is 0 Å². The fourth-order valence-corrected chi connectivity index (χ4v) is 1.94. The summed E-state index contributed by atoms with van der Waals surface area (Å²) in [6.07, 6.45) is 0. The molecular formula is C16H13N3O. The summed E-state index contributed by atoms with van der Waals surface area (Å²) in [6.45, 7) is 0. The summed E-state index contributed by atoms with van der Waals surface area (Å²) in [4.78, 5) is 4.32. The van der Waals surface area contributed by atoms with E-state index in [1.807, 2.05) is 54.6 Å². The lowest BCUT2D eigenvalue weighted by Gasteiger charge is -2.07. The van der Waals surface area contributed by atoms with E-state index in [0.717, 1.165) is 22.4 Å². The summed E-state index contributed by atoms with van der Waals surface area (Å²) in [5.41, 5.74) is 6.70. The maximum Gasteiger partial charge on any atom is 0.141 e. The highest BCUT2D eigenvalue weighted by Crippen LogP contribution is 2.24. The summed E-state index contributed by atoms with van der Waals surface area (Å²) < 4.78 is 5.77. The zero-order chi connectivity index (χ0) is 13.9. The molecule has 0 radical (unpaired) electrons. The third-order valence-electron chi connectivity index (χ3n) is 2.92. The van der Waals surface area contributed by atoms with E-state index in [2.05, 4.69) is 4.98 Å². The van der Waals surface area contributed by atoms with Gasteiger partial charge in [0.2, 0.25) is 0 Å². The molecule has 0 spiro atoms. The van der Waals surface area contributed by atoms with Crippen LogP contribution in [0.3, 0.4) is 0 Å². The number of benzene rings is 2. The van der Waals surface area contributed by atoms with Crippen LogP contribution < -0.4 is 10.5 Å². The van der Waals surface area contributed by atoms with Gasteiger partial charge in [0, 0.05) is 5.39 Å². The molecule has 0 atom stereocenters. The van der Waals surface area contributed by atoms with Crippen molar-refractivity contribution < 1.29 is 4.74 Å². The van der Waals surface area contributed by atoms with E-state index < -0.39 is 0 Å². The monoisotopic (exact) mass is 263 g/mol. The molecule has 0 amide bonds. The molecule has 1 heterocycles. The number of rotatable bonds is 3. The molecule has 3 aromatic rings. The van der Waals surface area contributed by atoms with Crippen molar-refractivity contribution in [1.82, 2.24) is 4.98 Å². The topological polar surface area (TPSA) is 72.0 Å². The molecular weight excluding hydrogens is 250 g/mol. The van der Waals surface area contributed by atoms with E-state index in [1.165, 1.54) is 0 Å². The Morgan fingerprint density at radius 1 is 0.950 bits per heavy atom. The molecule has 1 aromatic heterocycles. The number of nitrogen functional groups attached to an aromatic ring is 1. The van der Waals surface area contributed by atoms with Gasteiger partial charge in [-0.2, -0.15) is 0 Å². The van der Waals surface area contributed by atoms with Crippen molar-refractivity contribution in [2.45, 2.75) is 0 Å². The molecule has 0 fully saturated rings. The Labute approximate surface area is 116 Å². The molecule has 0 saturated carbocycles. The minimum Gasteiger partial charge on any atom is -0.457 e. The van der Waals surface area contributed by atoms with Crippen molar-refractivity contribution >= 4 is 16.7 Å². The number of para-hydroxylation sites is 1. The second kappa shape index (κ2) is 5.01. The maximum absolute atomic E-state index is 7.39. The molecule has 3 N–H and O–H groups in total. The van der Waals surface area contributed by atoms with E-state index in [-0.39, 0.29) is 5.84 Å². The quantitative estimate of drug-likeness (QED) is 0.562. The van der Waals surface area contributed by atoms with Crippen molar-refractivity contribution in [2.75, 3.05) is 0 Å². The third-order valence-corrected chi connectivity index (χ3v) is 2.92. The second-order valence-corrected chi connectivity index (χ2v) is 4.38. The van der Waals surface area contributed by atoms with Gasteiger partial charge in [-0.15, -0.1) is 0 Å². The lowest BCUT2D eigenvalue weighted by molar-refractivity contribution is 0.483. The van der Waals surface area contributed by atoms with E-state index in [9.17, 15) is 0 Å². The van der Waals surface area contributed by atoms with Crippen molar-refractivity contribution in [1.29, 1.82) is 5.41 Å². The minimum absolute atomic E-state index is 0.0310. The normalized spacial score (nSPS) is 10.4. The Morgan fingerprint density at radius 3 is 2.50 bits per heavy atom. The number of aromatic nitrogens is 1. The number of hydrogen-bond acceptors (Lipinski definition) is 3. The summed E-state index contributed by atoms with van der Waals surface area (Å²) in [5, 5.41) is 8.34. The van der Waals surface area contributed by atoms with E-state index >= 15 is 0 Å². The Hall–Kier alpha value is -2.88. The maximum atomic E-state index is 7.39. The number of nitrogens with one attached hydrogen (secondary N) is 1. The molecule has 2 aromatic carbocycles. The highest BCUT2D eigenvalue weighted by Gasteiger charge is 2.03. The number of fused-ring (bicyclic) bond motifs is 1. The summed E-state index contributed by atoms with van der Waals surface area (Å²) in [6, 6.07) is 18.9. The highest BCUT2D eigenvalue weighted by molar-refractivity contribution is 5.95. The number of hydrogen-bond donors (Lipinski definition) is 2. The second-order valence-electron chi connectivity index (χ2n) is 4.38. The SMILES string of the molecule is N=C(N)c1ccc2cc(Oc3ccccc3)ccc2n1. The van der Waals surface area contributed by atoms with Crippen LogP contribution in [0.4, 0.5) is 0 Å². The van der Waals surface area contributed by atoms with Crippen molar-refractivity contribution in [3.8, 4) is 11.5 Å². The van der Waals surface area contributed by atoms with Crippen molar-refractivity contribution in [3.63, 3.8) is 0 Å². The van der Waals surface area contributed by atoms with Gasteiger partial charge in [-0.1, -0.05) is 24.3 Å². The first-order chi connectivity index (χ1) is 9.72. The van der Waals surface area contributed by atoms with Crippen LogP contribution in [0.15, 0.2) is 60.7 Å². The highest BCUT2D eigenvalue weighted by atomic mass is 16.5. The van der Waals surface area contributed by atoms with Crippen LogP contribution in [0.1, 0.15) is 5.69 Å². The van der Waals surface area contributed by atoms with Gasteiger partial charge in [0.15, 0.2) is 0 Å². The average molecular weight is 263 g/mol. The molecule has 98 valence electrons. The lowest BCUT2D eigenvalue weighted by Crippen LogP contribution is -2.12. The first-order valence-corrected chi connectivity index (χ1v) is 6.20. The number of ether oxygens (including phenoxy) is 1. The fraction of sp³-hybridized carbons (Fsp3) is 0. The number of pyridine rings is 1. The average Bonchev–Trinajstić information content (AvgIpc) is 2.47. The van der Waals surface area contributed by atoms with Gasteiger partial charge in [-0.25, -0.2) is 4.98 Å². The molecule has 0 aliphatic heterocycles. The van der Waals surface area contributed by atoms with Crippen LogP contribution >= 0.6 is 0 Å². The summed E-state index contributed by atoms with van der Waals surface area (Å²) in [5.74, 6) is 1.51. The molecule has 4 heteroatoms. The predicted octanol–water partition coefficient (Wildman–Crippen LogP) is 3.31. The Kier molecular flexibility index (Phi) is 3.05. The first-order valence-electron chi connectivity index (χ1n) is 6.20. The van der Waals surface area contributed by atoms with Crippen LogP contribution in [-0.4, -0.2) is 10.8 Å². The Bertz CT molecular complexity index is 769. The predicted molar refractivity (Wildman–Crippen MR) is 79.3 cm³/mol. The molecule has 0 saturated heterocycles. The zero-order valence-corrected chi connectivity index (χ0v) is 10.7. The van der Waals surface area contributed by atoms with Crippen LogP contribution in [0, 0.1) is 5.41 Å². The molecule has 0 unspecified atom stereocenters. The summed E-state index contributed by atoms with van der Waals surface area (Å²) in [7, 11) is 0. The van der Waals surface area contributed by atoms with E-state index in [1.54, 1.807) is 6.07 Å². The van der Waals surface area contributed by atoms with Crippen LogP contribution in [0.2, 0.25) is 0 Å². The standard InChI is InChI=1S/C16H13N3O/c17-16(18)15-8-6-11-10-13(7-9-14(11)19-15)20-12-4-2-1-3-5-12/h1-10H,(H3,17,18). The smallest absolute Gasteiger partial charge is 0.141 e. The molecule has 0 aliphatic rings. The third kappa shape index (κ3) is 2.44. The van der Waals surface area contributed by atoms with Gasteiger partial charge in [0.05, 0.1) is 5.52 Å².